The molecule has 0 bridgehead atoms. The van der Waals surface area contributed by atoms with E-state index in [0.29, 0.717) is 11.2 Å². The zero-order valence-corrected chi connectivity index (χ0v) is 11.4. The van der Waals surface area contributed by atoms with Crippen LogP contribution in [0.1, 0.15) is 25.7 Å². The summed E-state index contributed by atoms with van der Waals surface area (Å²) in [6.07, 6.45) is 4.22. The molecule has 1 saturated heterocycles. The average molecular weight is 281 g/mol. The number of anilines is 1. The van der Waals surface area contributed by atoms with E-state index < -0.39 is 0 Å². The van der Waals surface area contributed by atoms with E-state index in [4.69, 9.17) is 11.6 Å². The van der Waals surface area contributed by atoms with Gasteiger partial charge in [-0.2, -0.15) is 0 Å². The molecule has 19 heavy (non-hydrogen) atoms. The molecule has 6 heteroatoms. The molecule has 1 aromatic heterocycles. The predicted molar refractivity (Wildman–Crippen MR) is 73.1 cm³/mol. The topological polar surface area (TPSA) is 58.1 Å². The van der Waals surface area contributed by atoms with Gasteiger partial charge >= 0.3 is 0 Å². The lowest BCUT2D eigenvalue weighted by Crippen LogP contribution is -2.44. The second kappa shape index (κ2) is 5.33. The molecule has 1 aromatic rings. The molecule has 1 aliphatic heterocycles. The molecule has 1 unspecified atom stereocenters. The highest BCUT2D eigenvalue weighted by Gasteiger charge is 2.30. The molecule has 0 aromatic carbocycles. The number of piperidine rings is 1. The molecule has 1 atom stereocenters. The lowest BCUT2D eigenvalue weighted by molar-refractivity contribution is -0.125. The summed E-state index contributed by atoms with van der Waals surface area (Å²) in [6, 6.07) is 4.02. The molecular weight excluding hydrogens is 264 g/mol. The second-order valence-electron chi connectivity index (χ2n) is 5.28. The summed E-state index contributed by atoms with van der Waals surface area (Å²) in [6.45, 7) is 1.64. The quantitative estimate of drug-likeness (QED) is 0.914. The van der Waals surface area contributed by atoms with Crippen molar-refractivity contribution in [2.24, 2.45) is 5.92 Å². The van der Waals surface area contributed by atoms with Gasteiger partial charge in [-0.3, -0.25) is 4.79 Å². The number of nitrogens with zero attached hydrogens (tertiary/aromatic N) is 3. The maximum atomic E-state index is 12.1. The number of aromatic nitrogens is 2. The Hall–Kier alpha value is -1.36. The zero-order chi connectivity index (χ0) is 13.2. The molecule has 1 N–H and O–H groups in total. The first-order chi connectivity index (χ1) is 9.22. The van der Waals surface area contributed by atoms with Crippen LogP contribution in [0.15, 0.2) is 12.1 Å². The minimum absolute atomic E-state index is 0.0619. The van der Waals surface area contributed by atoms with Gasteiger partial charge < -0.3 is 10.2 Å². The Labute approximate surface area is 117 Å². The minimum atomic E-state index is 0.0619. The first-order valence-corrected chi connectivity index (χ1v) is 7.15. The number of carbonyl (C=O) groups is 1. The smallest absolute Gasteiger partial charge is 0.225 e. The Balaban J connectivity index is 1.63. The van der Waals surface area contributed by atoms with Crippen molar-refractivity contribution in [3.63, 3.8) is 0 Å². The van der Waals surface area contributed by atoms with E-state index in [9.17, 15) is 4.79 Å². The van der Waals surface area contributed by atoms with E-state index in [2.05, 4.69) is 20.4 Å². The largest absolute Gasteiger partial charge is 0.354 e. The third-order valence-electron chi connectivity index (χ3n) is 3.66. The number of amides is 1. The number of halogens is 1. The lowest BCUT2D eigenvalue weighted by atomic mass is 9.97. The Morgan fingerprint density at radius 3 is 2.84 bits per heavy atom. The zero-order valence-electron chi connectivity index (χ0n) is 10.7. The van der Waals surface area contributed by atoms with E-state index in [1.165, 1.54) is 0 Å². The fraction of sp³-hybridized carbons (Fsp3) is 0.615. The summed E-state index contributed by atoms with van der Waals surface area (Å²) in [4.78, 5) is 14.2. The molecule has 0 radical (unpaired) electrons. The van der Waals surface area contributed by atoms with Crippen molar-refractivity contribution in [1.82, 2.24) is 15.5 Å². The molecule has 2 heterocycles. The highest BCUT2D eigenvalue weighted by molar-refractivity contribution is 6.29. The monoisotopic (exact) mass is 280 g/mol. The van der Waals surface area contributed by atoms with Crippen molar-refractivity contribution < 1.29 is 4.79 Å². The summed E-state index contributed by atoms with van der Waals surface area (Å²) in [5.41, 5.74) is 0. The van der Waals surface area contributed by atoms with Crippen LogP contribution in [0.4, 0.5) is 5.82 Å². The standard InChI is InChI=1S/C13H17ClN4O/c14-11-5-6-12(17-16-11)18-7-1-2-9(8-18)13(19)15-10-3-4-10/h5-6,9-10H,1-4,7-8H2,(H,15,19). The van der Waals surface area contributed by atoms with Crippen LogP contribution < -0.4 is 10.2 Å². The molecule has 2 aliphatic rings. The van der Waals surface area contributed by atoms with Crippen LogP contribution in [-0.2, 0) is 4.79 Å². The molecule has 2 fully saturated rings. The highest BCUT2D eigenvalue weighted by atomic mass is 35.5. The van der Waals surface area contributed by atoms with Crippen LogP contribution in [-0.4, -0.2) is 35.2 Å². The van der Waals surface area contributed by atoms with Gasteiger partial charge in [0.05, 0.1) is 5.92 Å². The number of hydrogen-bond donors (Lipinski definition) is 1. The van der Waals surface area contributed by atoms with Crippen LogP contribution in [0.2, 0.25) is 5.15 Å². The SMILES string of the molecule is O=C(NC1CC1)C1CCCN(c2ccc(Cl)nn2)C1. The fourth-order valence-corrected chi connectivity index (χ4v) is 2.52. The van der Waals surface area contributed by atoms with Crippen molar-refractivity contribution in [2.75, 3.05) is 18.0 Å². The van der Waals surface area contributed by atoms with E-state index >= 15 is 0 Å². The van der Waals surface area contributed by atoms with E-state index in [1.54, 1.807) is 6.07 Å². The van der Waals surface area contributed by atoms with Gasteiger partial charge in [-0.1, -0.05) is 11.6 Å². The Bertz CT molecular complexity index is 460. The summed E-state index contributed by atoms with van der Waals surface area (Å²) >= 11 is 5.74. The fourth-order valence-electron chi connectivity index (χ4n) is 2.42. The third kappa shape index (κ3) is 3.15. The van der Waals surface area contributed by atoms with E-state index in [0.717, 1.165) is 44.6 Å². The highest BCUT2D eigenvalue weighted by Crippen LogP contribution is 2.24. The first-order valence-electron chi connectivity index (χ1n) is 6.77. The van der Waals surface area contributed by atoms with Crippen molar-refractivity contribution in [3.05, 3.63) is 17.3 Å². The molecule has 1 amide bonds. The normalized spacial score (nSPS) is 23.2. The molecule has 102 valence electrons. The molecule has 0 spiro atoms. The second-order valence-corrected chi connectivity index (χ2v) is 5.67. The molecular formula is C13H17ClN4O. The third-order valence-corrected chi connectivity index (χ3v) is 3.86. The minimum Gasteiger partial charge on any atom is -0.354 e. The van der Waals surface area contributed by atoms with Gasteiger partial charge in [0.1, 0.15) is 0 Å². The van der Waals surface area contributed by atoms with Crippen LogP contribution in [0, 0.1) is 5.92 Å². The molecule has 1 aliphatic carbocycles. The predicted octanol–water partition coefficient (Wildman–Crippen LogP) is 1.62. The van der Waals surface area contributed by atoms with Crippen molar-refractivity contribution in [1.29, 1.82) is 0 Å². The summed E-state index contributed by atoms with van der Waals surface area (Å²) in [5, 5.41) is 11.4. The van der Waals surface area contributed by atoms with Crippen LogP contribution in [0.5, 0.6) is 0 Å². The van der Waals surface area contributed by atoms with Gasteiger partial charge in [0.25, 0.3) is 0 Å². The van der Waals surface area contributed by atoms with Crippen molar-refractivity contribution in [3.8, 4) is 0 Å². The lowest BCUT2D eigenvalue weighted by Gasteiger charge is -2.32. The number of hydrogen-bond acceptors (Lipinski definition) is 4. The Kier molecular flexibility index (Phi) is 3.55. The average Bonchev–Trinajstić information content (AvgIpc) is 3.24. The van der Waals surface area contributed by atoms with Gasteiger partial charge in [-0.05, 0) is 37.8 Å². The number of carbonyl (C=O) groups excluding carboxylic acids is 1. The molecule has 5 nitrogen and oxygen atoms in total. The Morgan fingerprint density at radius 2 is 2.16 bits per heavy atom. The van der Waals surface area contributed by atoms with Crippen LogP contribution in [0.3, 0.4) is 0 Å². The molecule has 1 saturated carbocycles. The van der Waals surface area contributed by atoms with Gasteiger partial charge in [-0.25, -0.2) is 0 Å². The van der Waals surface area contributed by atoms with Crippen molar-refractivity contribution >= 4 is 23.3 Å². The maximum absolute atomic E-state index is 12.1. The molecule has 3 rings (SSSR count). The van der Waals surface area contributed by atoms with Gasteiger partial charge in [0, 0.05) is 19.1 Å². The van der Waals surface area contributed by atoms with Crippen LogP contribution >= 0.6 is 11.6 Å². The number of rotatable bonds is 3. The van der Waals surface area contributed by atoms with Gasteiger partial charge in [-0.15, -0.1) is 10.2 Å². The van der Waals surface area contributed by atoms with Gasteiger partial charge in [0.15, 0.2) is 11.0 Å². The van der Waals surface area contributed by atoms with Crippen molar-refractivity contribution in [2.45, 2.75) is 31.7 Å². The Morgan fingerprint density at radius 1 is 1.32 bits per heavy atom. The van der Waals surface area contributed by atoms with E-state index in [1.807, 2.05) is 6.07 Å². The van der Waals surface area contributed by atoms with E-state index in [-0.39, 0.29) is 11.8 Å². The van der Waals surface area contributed by atoms with Crippen LogP contribution in [0.25, 0.3) is 0 Å². The summed E-state index contributed by atoms with van der Waals surface area (Å²) in [7, 11) is 0. The summed E-state index contributed by atoms with van der Waals surface area (Å²) < 4.78 is 0. The number of nitrogens with one attached hydrogen (secondary N) is 1. The summed E-state index contributed by atoms with van der Waals surface area (Å²) in [5.74, 6) is 1.05. The maximum Gasteiger partial charge on any atom is 0.225 e. The van der Waals surface area contributed by atoms with Gasteiger partial charge in [0.2, 0.25) is 5.91 Å². The first kappa shape index (κ1) is 12.7.